The molecule has 31 heavy (non-hydrogen) atoms. The Morgan fingerprint density at radius 1 is 0.903 bits per heavy atom. The van der Waals surface area contributed by atoms with Crippen LogP contribution in [-0.2, 0) is 9.53 Å². The molecule has 0 radical (unpaired) electrons. The molecular formula is C24H17N3O3S. The predicted octanol–water partition coefficient (Wildman–Crippen LogP) is 5.06. The number of nitrogens with zero attached hydrogens (tertiary/aromatic N) is 2. The number of rotatable bonds is 4. The molecule has 0 bridgehead atoms. The van der Waals surface area contributed by atoms with Gasteiger partial charge < -0.3 is 9.72 Å². The van der Waals surface area contributed by atoms with Crippen LogP contribution in [0.15, 0.2) is 95.0 Å². The minimum absolute atomic E-state index is 0.305. The number of anilines is 2. The number of aromatic amines is 1. The first-order valence-electron chi connectivity index (χ1n) is 9.66. The topological polar surface area (TPSA) is 75.3 Å². The van der Waals surface area contributed by atoms with E-state index in [0.29, 0.717) is 5.56 Å². The fraction of sp³-hybridized carbons (Fsp3) is 0.0417. The summed E-state index contributed by atoms with van der Waals surface area (Å²) in [5.74, 6) is -0.136. The molecule has 1 aliphatic rings. The number of ether oxygens (including phenoxy) is 1. The number of carbonyl (C=O) groups excluding carboxylic acids is 2. The van der Waals surface area contributed by atoms with Gasteiger partial charge in [-0.05, 0) is 36.4 Å². The number of carbonyl (C=O) groups is 2. The lowest BCUT2D eigenvalue weighted by atomic mass is 10.1. The Morgan fingerprint density at radius 3 is 2.16 bits per heavy atom. The molecule has 5 rings (SSSR count). The van der Waals surface area contributed by atoms with Gasteiger partial charge in [-0.15, -0.1) is 0 Å². The number of imidazole rings is 1. The van der Waals surface area contributed by atoms with Gasteiger partial charge in [0.05, 0.1) is 16.9 Å². The van der Waals surface area contributed by atoms with Crippen molar-refractivity contribution in [3.05, 3.63) is 90.8 Å². The van der Waals surface area contributed by atoms with E-state index in [4.69, 9.17) is 4.74 Å². The van der Waals surface area contributed by atoms with E-state index >= 15 is 0 Å². The normalized spacial score (nSPS) is 12.1. The minimum atomic E-state index is -0.549. The summed E-state index contributed by atoms with van der Waals surface area (Å²) < 4.78 is 5.34. The third-order valence-electron chi connectivity index (χ3n) is 4.90. The van der Waals surface area contributed by atoms with Crippen LogP contribution in [-0.4, -0.2) is 28.5 Å². The number of H-pyrrole nitrogens is 1. The number of nitrogens with one attached hydrogen (secondary N) is 1. The highest BCUT2D eigenvalue weighted by Gasteiger charge is 2.28. The summed E-state index contributed by atoms with van der Waals surface area (Å²) in [4.78, 5) is 36.4. The molecule has 1 N–H and O–H groups in total. The van der Waals surface area contributed by atoms with Crippen LogP contribution in [0.1, 0.15) is 10.4 Å². The monoisotopic (exact) mass is 427 g/mol. The largest absolute Gasteiger partial charge is 0.452 e. The van der Waals surface area contributed by atoms with E-state index < -0.39 is 5.97 Å². The Labute approximate surface area is 182 Å². The van der Waals surface area contributed by atoms with Gasteiger partial charge in [0.25, 0.3) is 5.91 Å². The summed E-state index contributed by atoms with van der Waals surface area (Å²) in [6, 6.07) is 22.3. The van der Waals surface area contributed by atoms with Crippen molar-refractivity contribution in [2.24, 2.45) is 0 Å². The van der Waals surface area contributed by atoms with Gasteiger partial charge in [-0.1, -0.05) is 48.2 Å². The van der Waals surface area contributed by atoms with E-state index in [1.165, 1.54) is 0 Å². The molecule has 0 saturated carbocycles. The van der Waals surface area contributed by atoms with Crippen LogP contribution in [0, 0.1) is 0 Å². The molecule has 1 aromatic heterocycles. The van der Waals surface area contributed by atoms with Crippen molar-refractivity contribution in [3.63, 3.8) is 0 Å². The number of hydrogen-bond acceptors (Lipinski definition) is 5. The first-order valence-corrected chi connectivity index (χ1v) is 10.5. The zero-order valence-electron chi connectivity index (χ0n) is 16.3. The minimum Gasteiger partial charge on any atom is -0.452 e. The fourth-order valence-corrected chi connectivity index (χ4v) is 4.49. The zero-order valence-corrected chi connectivity index (χ0v) is 17.1. The first-order chi connectivity index (χ1) is 15.2. The van der Waals surface area contributed by atoms with Gasteiger partial charge in [-0.2, -0.15) is 0 Å². The van der Waals surface area contributed by atoms with Crippen LogP contribution >= 0.6 is 11.8 Å². The Bertz CT molecular complexity index is 1210. The highest BCUT2D eigenvalue weighted by molar-refractivity contribution is 7.99. The number of aromatic nitrogens is 2. The van der Waals surface area contributed by atoms with Crippen LogP contribution in [0.3, 0.4) is 0 Å². The Kier molecular flexibility index (Phi) is 5.01. The molecule has 0 atom stereocenters. The second kappa shape index (κ2) is 8.12. The molecule has 1 aliphatic heterocycles. The van der Waals surface area contributed by atoms with Gasteiger partial charge in [0.15, 0.2) is 6.61 Å². The van der Waals surface area contributed by atoms with Gasteiger partial charge in [0.1, 0.15) is 5.82 Å². The molecule has 0 fully saturated rings. The summed E-state index contributed by atoms with van der Waals surface area (Å²) in [5.41, 5.74) is 2.81. The van der Waals surface area contributed by atoms with Crippen LogP contribution in [0.5, 0.6) is 0 Å². The Balaban J connectivity index is 1.32. The van der Waals surface area contributed by atoms with Crippen molar-refractivity contribution in [3.8, 4) is 11.4 Å². The average Bonchev–Trinajstić information content (AvgIpc) is 3.36. The van der Waals surface area contributed by atoms with Crippen molar-refractivity contribution in [2.45, 2.75) is 9.79 Å². The van der Waals surface area contributed by atoms with Gasteiger partial charge in [0, 0.05) is 27.7 Å². The van der Waals surface area contributed by atoms with E-state index in [1.54, 1.807) is 53.3 Å². The van der Waals surface area contributed by atoms with E-state index in [0.717, 1.165) is 32.6 Å². The number of fused-ring (bicyclic) bond motifs is 2. The zero-order chi connectivity index (χ0) is 21.2. The number of para-hydroxylation sites is 2. The van der Waals surface area contributed by atoms with Gasteiger partial charge in [-0.3, -0.25) is 9.69 Å². The lowest BCUT2D eigenvalue weighted by molar-refractivity contribution is -0.121. The van der Waals surface area contributed by atoms with Crippen molar-refractivity contribution >= 4 is 35.0 Å². The molecule has 0 aliphatic carbocycles. The molecule has 6 nitrogen and oxygen atoms in total. The summed E-state index contributed by atoms with van der Waals surface area (Å²) in [7, 11) is 0. The fourth-order valence-electron chi connectivity index (χ4n) is 3.44. The molecule has 0 unspecified atom stereocenters. The van der Waals surface area contributed by atoms with Gasteiger partial charge >= 0.3 is 5.97 Å². The third-order valence-corrected chi connectivity index (χ3v) is 6.03. The summed E-state index contributed by atoms with van der Waals surface area (Å²) in [6.45, 7) is -0.355. The highest BCUT2D eigenvalue weighted by Crippen LogP contribution is 2.47. The standard InChI is InChI=1S/C24H17N3O3S/c28-22(15-30-24(29)17-11-9-16(10-12-17)23-25-13-14-26-23)27-18-5-1-3-7-20(18)31-21-8-4-2-6-19(21)27/h1-14H,15H2,(H,25,26). The lowest BCUT2D eigenvalue weighted by Gasteiger charge is -2.30. The Morgan fingerprint density at radius 2 is 1.55 bits per heavy atom. The van der Waals surface area contributed by atoms with E-state index in [1.807, 2.05) is 48.5 Å². The van der Waals surface area contributed by atoms with Crippen LogP contribution in [0.2, 0.25) is 0 Å². The molecule has 0 spiro atoms. The maximum Gasteiger partial charge on any atom is 0.338 e. The molecule has 7 heteroatoms. The SMILES string of the molecule is O=C(OCC(=O)N1c2ccccc2Sc2ccccc21)c1ccc(-c2ncc[nH]2)cc1. The third kappa shape index (κ3) is 3.71. The number of benzene rings is 3. The van der Waals surface area contributed by atoms with E-state index in [-0.39, 0.29) is 12.5 Å². The molecule has 0 saturated heterocycles. The highest BCUT2D eigenvalue weighted by atomic mass is 32.2. The van der Waals surface area contributed by atoms with Crippen molar-refractivity contribution in [2.75, 3.05) is 11.5 Å². The second-order valence-corrected chi connectivity index (χ2v) is 7.94. The van der Waals surface area contributed by atoms with Gasteiger partial charge in [0.2, 0.25) is 0 Å². The van der Waals surface area contributed by atoms with Gasteiger partial charge in [-0.25, -0.2) is 9.78 Å². The number of amides is 1. The van der Waals surface area contributed by atoms with Crippen molar-refractivity contribution < 1.29 is 14.3 Å². The second-order valence-electron chi connectivity index (χ2n) is 6.86. The van der Waals surface area contributed by atoms with E-state index in [2.05, 4.69) is 9.97 Å². The lowest BCUT2D eigenvalue weighted by Crippen LogP contribution is -2.32. The van der Waals surface area contributed by atoms with Crippen LogP contribution in [0.4, 0.5) is 11.4 Å². The smallest absolute Gasteiger partial charge is 0.338 e. The Hall–Kier alpha value is -3.84. The molecule has 3 aromatic carbocycles. The maximum absolute atomic E-state index is 13.1. The maximum atomic E-state index is 13.1. The van der Waals surface area contributed by atoms with Crippen molar-refractivity contribution in [1.29, 1.82) is 0 Å². The number of hydrogen-bond donors (Lipinski definition) is 1. The van der Waals surface area contributed by atoms with Crippen LogP contribution < -0.4 is 4.90 Å². The summed E-state index contributed by atoms with van der Waals surface area (Å²) in [6.07, 6.45) is 3.40. The summed E-state index contributed by atoms with van der Waals surface area (Å²) in [5, 5.41) is 0. The first kappa shape index (κ1) is 19.1. The average molecular weight is 427 g/mol. The molecule has 152 valence electrons. The summed E-state index contributed by atoms with van der Waals surface area (Å²) >= 11 is 1.62. The number of esters is 1. The van der Waals surface area contributed by atoms with Crippen LogP contribution in [0.25, 0.3) is 11.4 Å². The quantitative estimate of drug-likeness (QED) is 0.461. The molecule has 1 amide bonds. The predicted molar refractivity (Wildman–Crippen MR) is 118 cm³/mol. The van der Waals surface area contributed by atoms with Crippen molar-refractivity contribution in [1.82, 2.24) is 9.97 Å². The molecular weight excluding hydrogens is 410 g/mol. The van der Waals surface area contributed by atoms with E-state index in [9.17, 15) is 9.59 Å². The molecule has 2 heterocycles. The molecule has 4 aromatic rings.